The molecule has 1 fully saturated rings. The van der Waals surface area contributed by atoms with E-state index >= 15 is 0 Å². The number of hydrogen-bond donors (Lipinski definition) is 1. The first kappa shape index (κ1) is 12.3. The number of aliphatic hydroxyl groups excluding tert-OH is 1. The fourth-order valence-corrected chi connectivity index (χ4v) is 2.66. The van der Waals surface area contributed by atoms with Gasteiger partial charge in [-0.05, 0) is 25.0 Å². The van der Waals surface area contributed by atoms with Gasteiger partial charge in [-0.1, -0.05) is 12.8 Å². The highest BCUT2D eigenvalue weighted by atomic mass is 16.3. The zero-order chi connectivity index (χ0) is 13.1. The molecule has 0 radical (unpaired) electrons. The molecule has 0 saturated heterocycles. The van der Waals surface area contributed by atoms with E-state index in [9.17, 15) is 5.11 Å². The molecular formula is C14H18N4O. The van der Waals surface area contributed by atoms with E-state index in [1.54, 1.807) is 12.3 Å². The molecule has 2 aromatic rings. The maximum atomic E-state index is 10.1. The summed E-state index contributed by atoms with van der Waals surface area (Å²) in [6.07, 6.45) is 10.0. The number of nitrogens with zero attached hydrogens (tertiary/aromatic N) is 4. The third-order valence-electron chi connectivity index (χ3n) is 3.71. The van der Waals surface area contributed by atoms with E-state index in [1.165, 1.54) is 32.0 Å². The van der Waals surface area contributed by atoms with Crippen molar-refractivity contribution in [1.29, 1.82) is 0 Å². The summed E-state index contributed by atoms with van der Waals surface area (Å²) in [7, 11) is 0. The second-order valence-electron chi connectivity index (χ2n) is 5.08. The first-order chi connectivity index (χ1) is 9.33. The molecule has 1 saturated carbocycles. The lowest BCUT2D eigenvalue weighted by atomic mass is 10.1. The average molecular weight is 258 g/mol. The molecule has 1 N–H and O–H groups in total. The Hall–Kier alpha value is -1.75. The third kappa shape index (κ3) is 2.81. The van der Waals surface area contributed by atoms with Gasteiger partial charge < -0.3 is 5.11 Å². The molecule has 1 atom stereocenters. The maximum Gasteiger partial charge on any atom is 0.115 e. The second kappa shape index (κ2) is 5.48. The van der Waals surface area contributed by atoms with Crippen LogP contribution >= 0.6 is 0 Å². The van der Waals surface area contributed by atoms with Crippen molar-refractivity contribution in [3.05, 3.63) is 42.2 Å². The van der Waals surface area contributed by atoms with Gasteiger partial charge in [-0.15, -0.1) is 0 Å². The maximum absolute atomic E-state index is 10.1. The Bertz CT molecular complexity index is 519. The van der Waals surface area contributed by atoms with Crippen molar-refractivity contribution in [2.75, 3.05) is 0 Å². The molecule has 0 aliphatic heterocycles. The molecule has 1 aliphatic rings. The highest BCUT2D eigenvalue weighted by molar-refractivity contribution is 5.08. The summed E-state index contributed by atoms with van der Waals surface area (Å²) in [5.74, 6) is 0. The van der Waals surface area contributed by atoms with Crippen LogP contribution in [0.1, 0.15) is 49.2 Å². The lowest BCUT2D eigenvalue weighted by molar-refractivity contribution is 0.171. The molecule has 19 heavy (non-hydrogen) atoms. The third-order valence-corrected chi connectivity index (χ3v) is 3.71. The van der Waals surface area contributed by atoms with Crippen molar-refractivity contribution in [2.24, 2.45) is 0 Å². The van der Waals surface area contributed by atoms with E-state index in [2.05, 4.69) is 19.7 Å². The Morgan fingerprint density at radius 1 is 1.32 bits per heavy atom. The van der Waals surface area contributed by atoms with Gasteiger partial charge in [-0.25, -0.2) is 9.97 Å². The van der Waals surface area contributed by atoms with Gasteiger partial charge in [0.15, 0.2) is 0 Å². The fourth-order valence-electron chi connectivity index (χ4n) is 2.66. The standard InChI is InChI=1S/C14H18N4O/c19-14(13-5-7-15-10-16-13)9-11-6-8-18(17-11)12-3-1-2-4-12/h5-8,10,12,14,19H,1-4,9H2. The van der Waals surface area contributed by atoms with Crippen LogP contribution in [0.25, 0.3) is 0 Å². The van der Waals surface area contributed by atoms with Crippen LogP contribution in [0.15, 0.2) is 30.9 Å². The molecule has 0 bridgehead atoms. The van der Waals surface area contributed by atoms with Gasteiger partial charge in [0.1, 0.15) is 12.4 Å². The minimum Gasteiger partial charge on any atom is -0.386 e. The average Bonchev–Trinajstić information content (AvgIpc) is 3.10. The molecule has 5 nitrogen and oxygen atoms in total. The van der Waals surface area contributed by atoms with Gasteiger partial charge >= 0.3 is 0 Å². The van der Waals surface area contributed by atoms with Crippen molar-refractivity contribution < 1.29 is 5.11 Å². The molecular weight excluding hydrogens is 240 g/mol. The Kier molecular flexibility index (Phi) is 3.55. The summed E-state index contributed by atoms with van der Waals surface area (Å²) >= 11 is 0. The van der Waals surface area contributed by atoms with Crippen molar-refractivity contribution in [3.8, 4) is 0 Å². The largest absolute Gasteiger partial charge is 0.386 e. The van der Waals surface area contributed by atoms with Crippen molar-refractivity contribution in [1.82, 2.24) is 19.7 Å². The topological polar surface area (TPSA) is 63.8 Å². The molecule has 0 aromatic carbocycles. The van der Waals surface area contributed by atoms with Crippen LogP contribution in [0.2, 0.25) is 0 Å². The molecule has 1 unspecified atom stereocenters. The van der Waals surface area contributed by atoms with Gasteiger partial charge in [0.25, 0.3) is 0 Å². The Labute approximate surface area is 112 Å². The van der Waals surface area contributed by atoms with E-state index in [1.807, 2.05) is 12.3 Å². The van der Waals surface area contributed by atoms with Crippen LogP contribution in [-0.4, -0.2) is 24.9 Å². The summed E-state index contributed by atoms with van der Waals surface area (Å²) in [5.41, 5.74) is 1.56. The SMILES string of the molecule is OC(Cc1ccn(C2CCCC2)n1)c1ccncn1. The first-order valence-electron chi connectivity index (χ1n) is 6.81. The van der Waals surface area contributed by atoms with Crippen LogP contribution in [0.5, 0.6) is 0 Å². The normalized spacial score (nSPS) is 17.7. The van der Waals surface area contributed by atoms with Gasteiger partial charge in [0, 0.05) is 18.8 Å². The molecule has 3 rings (SSSR count). The Balaban J connectivity index is 1.66. The predicted octanol–water partition coefficient (Wildman–Crippen LogP) is 2.06. The number of rotatable bonds is 4. The second-order valence-corrected chi connectivity index (χ2v) is 5.08. The van der Waals surface area contributed by atoms with Gasteiger partial charge in [0.05, 0.1) is 17.4 Å². The van der Waals surface area contributed by atoms with Gasteiger partial charge in [-0.2, -0.15) is 5.10 Å². The fraction of sp³-hybridized carbons (Fsp3) is 0.500. The highest BCUT2D eigenvalue weighted by Gasteiger charge is 2.18. The summed E-state index contributed by atoms with van der Waals surface area (Å²) in [6.45, 7) is 0. The van der Waals surface area contributed by atoms with Crippen molar-refractivity contribution in [3.63, 3.8) is 0 Å². The molecule has 2 aromatic heterocycles. The van der Waals surface area contributed by atoms with Crippen LogP contribution in [0.3, 0.4) is 0 Å². The van der Waals surface area contributed by atoms with Crippen LogP contribution in [0, 0.1) is 0 Å². The minimum atomic E-state index is -0.616. The first-order valence-corrected chi connectivity index (χ1v) is 6.81. The molecule has 2 heterocycles. The minimum absolute atomic E-state index is 0.497. The summed E-state index contributed by atoms with van der Waals surface area (Å²) < 4.78 is 2.05. The number of hydrogen-bond acceptors (Lipinski definition) is 4. The zero-order valence-corrected chi connectivity index (χ0v) is 10.8. The summed E-state index contributed by atoms with van der Waals surface area (Å²) in [5, 5.41) is 14.7. The Morgan fingerprint density at radius 3 is 2.89 bits per heavy atom. The monoisotopic (exact) mass is 258 g/mol. The number of aliphatic hydroxyl groups is 1. The van der Waals surface area contributed by atoms with Crippen LogP contribution in [0.4, 0.5) is 0 Å². The van der Waals surface area contributed by atoms with Crippen molar-refractivity contribution in [2.45, 2.75) is 44.2 Å². The van der Waals surface area contributed by atoms with E-state index in [0.717, 1.165) is 5.69 Å². The summed E-state index contributed by atoms with van der Waals surface area (Å²) in [4.78, 5) is 7.91. The lowest BCUT2D eigenvalue weighted by Gasteiger charge is -2.10. The van der Waals surface area contributed by atoms with Gasteiger partial charge in [0.2, 0.25) is 0 Å². The van der Waals surface area contributed by atoms with Crippen LogP contribution < -0.4 is 0 Å². The van der Waals surface area contributed by atoms with E-state index < -0.39 is 6.10 Å². The quantitative estimate of drug-likeness (QED) is 0.911. The smallest absolute Gasteiger partial charge is 0.115 e. The molecule has 1 aliphatic carbocycles. The van der Waals surface area contributed by atoms with E-state index in [-0.39, 0.29) is 0 Å². The van der Waals surface area contributed by atoms with E-state index in [0.29, 0.717) is 18.2 Å². The highest BCUT2D eigenvalue weighted by Crippen LogP contribution is 2.29. The molecule has 0 amide bonds. The lowest BCUT2D eigenvalue weighted by Crippen LogP contribution is -2.08. The predicted molar refractivity (Wildman–Crippen MR) is 70.4 cm³/mol. The Morgan fingerprint density at radius 2 is 2.16 bits per heavy atom. The van der Waals surface area contributed by atoms with Crippen molar-refractivity contribution >= 4 is 0 Å². The number of aromatic nitrogens is 4. The molecule has 0 spiro atoms. The van der Waals surface area contributed by atoms with E-state index in [4.69, 9.17) is 0 Å². The molecule has 100 valence electrons. The van der Waals surface area contributed by atoms with Crippen LogP contribution in [-0.2, 0) is 6.42 Å². The van der Waals surface area contributed by atoms with Gasteiger partial charge in [-0.3, -0.25) is 4.68 Å². The summed E-state index contributed by atoms with van der Waals surface area (Å²) in [6, 6.07) is 4.27. The zero-order valence-electron chi connectivity index (χ0n) is 10.8. The molecule has 5 heteroatoms.